The minimum Gasteiger partial charge on any atom is -0.461 e. The molecule has 1 aliphatic heterocycles. The van der Waals surface area contributed by atoms with Crippen LogP contribution in [0, 0.1) is 5.92 Å². The third kappa shape index (κ3) is 3.09. The van der Waals surface area contributed by atoms with E-state index < -0.39 is 5.97 Å². The summed E-state index contributed by atoms with van der Waals surface area (Å²) in [4.78, 5) is 26.9. The van der Waals surface area contributed by atoms with Crippen molar-refractivity contribution in [2.24, 2.45) is 5.92 Å². The topological polar surface area (TPSA) is 64.4 Å². The normalized spacial score (nSPS) is 19.9. The van der Waals surface area contributed by atoms with E-state index in [0.29, 0.717) is 31.9 Å². The second-order valence-corrected chi connectivity index (χ2v) is 6.30. The van der Waals surface area contributed by atoms with Crippen molar-refractivity contribution in [2.75, 3.05) is 13.2 Å². The van der Waals surface area contributed by atoms with Crippen LogP contribution in [0.2, 0.25) is 0 Å². The number of fused-ring (bicyclic) bond motifs is 1. The molecule has 1 atom stereocenters. The van der Waals surface area contributed by atoms with Crippen molar-refractivity contribution in [3.63, 3.8) is 0 Å². The Balaban J connectivity index is 1.83. The second kappa shape index (κ2) is 7.20. The van der Waals surface area contributed by atoms with Crippen molar-refractivity contribution >= 4 is 11.9 Å². The van der Waals surface area contributed by atoms with Gasteiger partial charge in [-0.05, 0) is 33.1 Å². The molecule has 0 radical (unpaired) electrons. The van der Waals surface area contributed by atoms with Gasteiger partial charge in [-0.3, -0.25) is 9.48 Å². The van der Waals surface area contributed by atoms with Crippen LogP contribution in [0.15, 0.2) is 12.2 Å². The Hall–Kier alpha value is -2.11. The first kappa shape index (κ1) is 16.7. The number of aromatic nitrogens is 2. The van der Waals surface area contributed by atoms with Gasteiger partial charge in [0.1, 0.15) is 0 Å². The summed E-state index contributed by atoms with van der Waals surface area (Å²) in [6.45, 7) is 5.98. The molecule has 6 nitrogen and oxygen atoms in total. The van der Waals surface area contributed by atoms with Crippen LogP contribution >= 0.6 is 0 Å². The molecule has 1 amide bonds. The van der Waals surface area contributed by atoms with Gasteiger partial charge < -0.3 is 9.64 Å². The summed E-state index contributed by atoms with van der Waals surface area (Å²) in [5.74, 6) is -0.122. The molecule has 1 aliphatic carbocycles. The SMILES string of the molecule is CCOC(=O)c1nn(CC)c2c1CN(C(=O)C1CC=CCC1)CC2. The third-order valence-electron chi connectivity index (χ3n) is 4.83. The number of hydrogen-bond acceptors (Lipinski definition) is 4. The molecule has 0 saturated carbocycles. The van der Waals surface area contributed by atoms with Crippen molar-refractivity contribution < 1.29 is 14.3 Å². The van der Waals surface area contributed by atoms with Gasteiger partial charge in [0.05, 0.1) is 6.61 Å². The molecule has 2 heterocycles. The molecule has 0 aromatic carbocycles. The molecule has 24 heavy (non-hydrogen) atoms. The van der Waals surface area contributed by atoms with Crippen molar-refractivity contribution in [1.82, 2.24) is 14.7 Å². The molecule has 0 N–H and O–H groups in total. The standard InChI is InChI=1S/C18H25N3O3/c1-3-21-15-10-11-20(17(22)13-8-6-5-7-9-13)12-14(15)16(19-21)18(23)24-4-2/h5-6,13H,3-4,7-12H2,1-2H3. The van der Waals surface area contributed by atoms with E-state index in [2.05, 4.69) is 17.3 Å². The Morgan fingerprint density at radius 3 is 2.83 bits per heavy atom. The van der Waals surface area contributed by atoms with Gasteiger partial charge in [0.15, 0.2) is 5.69 Å². The van der Waals surface area contributed by atoms with Crippen molar-refractivity contribution in [1.29, 1.82) is 0 Å². The summed E-state index contributed by atoms with van der Waals surface area (Å²) in [6, 6.07) is 0. The van der Waals surface area contributed by atoms with Gasteiger partial charge in [0.2, 0.25) is 5.91 Å². The molecule has 1 unspecified atom stereocenters. The number of ether oxygens (including phenoxy) is 1. The lowest BCUT2D eigenvalue weighted by atomic mass is 9.92. The fourth-order valence-electron chi connectivity index (χ4n) is 3.58. The van der Waals surface area contributed by atoms with Gasteiger partial charge in [-0.25, -0.2) is 4.79 Å². The van der Waals surface area contributed by atoms with E-state index in [9.17, 15) is 9.59 Å². The fourth-order valence-corrected chi connectivity index (χ4v) is 3.58. The lowest BCUT2D eigenvalue weighted by molar-refractivity contribution is -0.136. The number of hydrogen-bond donors (Lipinski definition) is 0. The van der Waals surface area contributed by atoms with E-state index in [0.717, 1.165) is 36.9 Å². The van der Waals surface area contributed by atoms with E-state index >= 15 is 0 Å². The number of allylic oxidation sites excluding steroid dienone is 2. The van der Waals surface area contributed by atoms with Crippen molar-refractivity contribution in [3.05, 3.63) is 29.1 Å². The van der Waals surface area contributed by atoms with Gasteiger partial charge in [-0.1, -0.05) is 12.2 Å². The first-order chi connectivity index (χ1) is 11.7. The molecule has 0 bridgehead atoms. The molecule has 0 fully saturated rings. The maximum atomic E-state index is 12.8. The Labute approximate surface area is 142 Å². The van der Waals surface area contributed by atoms with Crippen LogP contribution in [0.3, 0.4) is 0 Å². The third-order valence-corrected chi connectivity index (χ3v) is 4.83. The van der Waals surface area contributed by atoms with Crippen molar-refractivity contribution in [3.8, 4) is 0 Å². The monoisotopic (exact) mass is 331 g/mol. The Bertz CT molecular complexity index is 663. The number of carbonyl (C=O) groups is 2. The van der Waals surface area contributed by atoms with Gasteiger partial charge in [0, 0.05) is 43.2 Å². The first-order valence-corrected chi connectivity index (χ1v) is 8.85. The lowest BCUT2D eigenvalue weighted by Crippen LogP contribution is -2.40. The molecule has 2 aliphatic rings. The van der Waals surface area contributed by atoms with Gasteiger partial charge in [-0.15, -0.1) is 0 Å². The number of carbonyl (C=O) groups excluding carboxylic acids is 2. The maximum Gasteiger partial charge on any atom is 0.359 e. The molecular formula is C18H25N3O3. The molecule has 0 saturated heterocycles. The number of amides is 1. The fraction of sp³-hybridized carbons (Fsp3) is 0.611. The highest BCUT2D eigenvalue weighted by Crippen LogP contribution is 2.27. The number of aryl methyl sites for hydroxylation is 1. The molecule has 1 aromatic heterocycles. The van der Waals surface area contributed by atoms with E-state index in [-0.39, 0.29) is 11.8 Å². The predicted octanol–water partition coefficient (Wildman–Crippen LogP) is 2.32. The minimum absolute atomic E-state index is 0.0730. The number of nitrogens with zero attached hydrogens (tertiary/aromatic N) is 3. The highest BCUT2D eigenvalue weighted by molar-refractivity contribution is 5.89. The Morgan fingerprint density at radius 2 is 2.17 bits per heavy atom. The largest absolute Gasteiger partial charge is 0.461 e. The van der Waals surface area contributed by atoms with Gasteiger partial charge in [0.25, 0.3) is 0 Å². The highest BCUT2D eigenvalue weighted by Gasteiger charge is 2.32. The van der Waals surface area contributed by atoms with Crippen LogP contribution in [0.1, 0.15) is 54.9 Å². The minimum atomic E-state index is -0.393. The average molecular weight is 331 g/mol. The molecule has 130 valence electrons. The average Bonchev–Trinajstić information content (AvgIpc) is 3.00. The zero-order valence-corrected chi connectivity index (χ0v) is 14.5. The smallest absolute Gasteiger partial charge is 0.359 e. The zero-order chi connectivity index (χ0) is 17.1. The first-order valence-electron chi connectivity index (χ1n) is 8.85. The highest BCUT2D eigenvalue weighted by atomic mass is 16.5. The van der Waals surface area contributed by atoms with Gasteiger partial charge >= 0.3 is 5.97 Å². The molecule has 0 spiro atoms. The maximum absolute atomic E-state index is 12.8. The molecule has 6 heteroatoms. The summed E-state index contributed by atoms with van der Waals surface area (Å²) < 4.78 is 7.00. The van der Waals surface area contributed by atoms with Crippen molar-refractivity contribution in [2.45, 2.75) is 52.6 Å². The molecule has 1 aromatic rings. The van der Waals surface area contributed by atoms with Crippen LogP contribution < -0.4 is 0 Å². The summed E-state index contributed by atoms with van der Waals surface area (Å²) in [6.07, 6.45) is 7.68. The van der Waals surface area contributed by atoms with E-state index in [4.69, 9.17) is 4.74 Å². The second-order valence-electron chi connectivity index (χ2n) is 6.30. The quantitative estimate of drug-likeness (QED) is 0.627. The van der Waals surface area contributed by atoms with E-state index in [1.54, 1.807) is 6.92 Å². The molecular weight excluding hydrogens is 306 g/mol. The van der Waals surface area contributed by atoms with Crippen LogP contribution in [0.25, 0.3) is 0 Å². The van der Waals surface area contributed by atoms with Crippen LogP contribution in [0.4, 0.5) is 0 Å². The number of esters is 1. The summed E-state index contributed by atoms with van der Waals surface area (Å²) in [5.41, 5.74) is 2.30. The Kier molecular flexibility index (Phi) is 5.02. The predicted molar refractivity (Wildman–Crippen MR) is 89.5 cm³/mol. The van der Waals surface area contributed by atoms with E-state index in [1.807, 2.05) is 16.5 Å². The lowest BCUT2D eigenvalue weighted by Gasteiger charge is -2.31. The van der Waals surface area contributed by atoms with Crippen LogP contribution in [0.5, 0.6) is 0 Å². The summed E-state index contributed by atoms with van der Waals surface area (Å²) in [7, 11) is 0. The summed E-state index contributed by atoms with van der Waals surface area (Å²) >= 11 is 0. The number of rotatable bonds is 4. The van der Waals surface area contributed by atoms with Crippen LogP contribution in [-0.4, -0.2) is 39.7 Å². The molecule has 3 rings (SSSR count). The Morgan fingerprint density at radius 1 is 1.33 bits per heavy atom. The van der Waals surface area contributed by atoms with Crippen LogP contribution in [-0.2, 0) is 29.0 Å². The van der Waals surface area contributed by atoms with E-state index in [1.165, 1.54) is 0 Å². The summed E-state index contributed by atoms with van der Waals surface area (Å²) in [5, 5.41) is 4.43. The van der Waals surface area contributed by atoms with Gasteiger partial charge in [-0.2, -0.15) is 5.10 Å². The zero-order valence-electron chi connectivity index (χ0n) is 14.5.